The molecule has 0 amide bonds. The summed E-state index contributed by atoms with van der Waals surface area (Å²) in [6.07, 6.45) is 2.70. The first-order chi connectivity index (χ1) is 6.06. The molecule has 0 spiro atoms. The summed E-state index contributed by atoms with van der Waals surface area (Å²) in [6, 6.07) is 0. The van der Waals surface area contributed by atoms with Crippen molar-refractivity contribution < 1.29 is 15.1 Å². The summed E-state index contributed by atoms with van der Waals surface area (Å²) in [7, 11) is -1.12. The largest absolute Gasteiger partial charge is 0.459 e. The van der Waals surface area contributed by atoms with Crippen LogP contribution >= 0.6 is 0 Å². The molecule has 1 rings (SSSR count). The summed E-state index contributed by atoms with van der Waals surface area (Å²) < 4.78 is 0. The van der Waals surface area contributed by atoms with Crippen molar-refractivity contribution in [3.05, 3.63) is 11.6 Å². The monoisotopic (exact) mass is 182 g/mol. The van der Waals surface area contributed by atoms with Crippen LogP contribution in [0.1, 0.15) is 20.3 Å². The van der Waals surface area contributed by atoms with Crippen molar-refractivity contribution in [3.8, 4) is 0 Å². The van der Waals surface area contributed by atoms with Gasteiger partial charge in [-0.25, -0.2) is 0 Å². The van der Waals surface area contributed by atoms with Gasteiger partial charge in [0.2, 0.25) is 0 Å². The van der Waals surface area contributed by atoms with E-state index in [2.05, 4.69) is 0 Å². The Morgan fingerprint density at radius 2 is 2.15 bits per heavy atom. The van der Waals surface area contributed by atoms with E-state index in [4.69, 9.17) is 15.1 Å². The maximum atomic E-state index is 9.08. The molecule has 3 atom stereocenters. The van der Waals surface area contributed by atoms with E-state index in [9.17, 15) is 0 Å². The van der Waals surface area contributed by atoms with Crippen LogP contribution in [-0.4, -0.2) is 29.7 Å². The summed E-state index contributed by atoms with van der Waals surface area (Å²) in [5.41, 5.74) is 0.979. The van der Waals surface area contributed by atoms with Crippen LogP contribution in [0.15, 0.2) is 11.6 Å². The molecule has 2 unspecified atom stereocenters. The van der Waals surface area contributed by atoms with Gasteiger partial charge in [0.1, 0.15) is 0 Å². The van der Waals surface area contributed by atoms with Crippen molar-refractivity contribution in [1.29, 1.82) is 0 Å². The predicted octanol–water partition coefficient (Wildman–Crippen LogP) is -0.0522. The minimum Gasteiger partial charge on any atom is -0.453 e. The first-order valence-electron chi connectivity index (χ1n) is 4.71. The van der Waals surface area contributed by atoms with Crippen molar-refractivity contribution in [1.82, 2.24) is 0 Å². The average molecular weight is 182 g/mol. The standard InChI is InChI=1S/C8H16B2O3/c1-5-4-8(10(12)13)6(2)3-7(5)9-11/h3,5,7-9,11-13H,4H2,1-2H3/t5-,7?,8?/m0/s1. The lowest BCUT2D eigenvalue weighted by molar-refractivity contribution is 0.365. The highest BCUT2D eigenvalue weighted by atomic mass is 16.4. The fourth-order valence-electron chi connectivity index (χ4n) is 1.98. The van der Waals surface area contributed by atoms with E-state index in [-0.39, 0.29) is 19.1 Å². The number of hydrogen-bond donors (Lipinski definition) is 3. The van der Waals surface area contributed by atoms with Crippen LogP contribution in [0.3, 0.4) is 0 Å². The zero-order valence-corrected chi connectivity index (χ0v) is 8.14. The molecule has 72 valence electrons. The Kier molecular flexibility index (Phi) is 3.59. The van der Waals surface area contributed by atoms with Gasteiger partial charge in [-0.05, 0) is 25.1 Å². The van der Waals surface area contributed by atoms with Gasteiger partial charge < -0.3 is 15.1 Å². The molecule has 0 fully saturated rings. The van der Waals surface area contributed by atoms with Crippen LogP contribution in [0.5, 0.6) is 0 Å². The van der Waals surface area contributed by atoms with Gasteiger partial charge in [-0.3, -0.25) is 0 Å². The second kappa shape index (κ2) is 4.31. The third-order valence-electron chi connectivity index (χ3n) is 2.99. The van der Waals surface area contributed by atoms with Gasteiger partial charge in [0.15, 0.2) is 0 Å². The van der Waals surface area contributed by atoms with Crippen LogP contribution in [0.2, 0.25) is 11.6 Å². The zero-order valence-electron chi connectivity index (χ0n) is 8.14. The van der Waals surface area contributed by atoms with Crippen LogP contribution in [-0.2, 0) is 0 Å². The molecule has 1 aliphatic rings. The van der Waals surface area contributed by atoms with Crippen LogP contribution in [0.25, 0.3) is 0 Å². The Morgan fingerprint density at radius 3 is 2.62 bits per heavy atom. The molecular weight excluding hydrogens is 166 g/mol. The first kappa shape index (κ1) is 10.8. The van der Waals surface area contributed by atoms with E-state index in [1.165, 1.54) is 0 Å². The third-order valence-corrected chi connectivity index (χ3v) is 2.99. The summed E-state index contributed by atoms with van der Waals surface area (Å²) in [5, 5.41) is 27.2. The third kappa shape index (κ3) is 2.36. The van der Waals surface area contributed by atoms with Gasteiger partial charge in [-0.1, -0.05) is 18.6 Å². The van der Waals surface area contributed by atoms with Gasteiger partial charge in [0.25, 0.3) is 7.48 Å². The van der Waals surface area contributed by atoms with Crippen molar-refractivity contribution in [2.45, 2.75) is 31.9 Å². The quantitative estimate of drug-likeness (QED) is 0.414. The summed E-state index contributed by atoms with van der Waals surface area (Å²) in [5.74, 6) is 0.341. The van der Waals surface area contributed by atoms with E-state index >= 15 is 0 Å². The van der Waals surface area contributed by atoms with Gasteiger partial charge in [-0.2, -0.15) is 0 Å². The Labute approximate surface area is 79.9 Å². The van der Waals surface area contributed by atoms with Crippen molar-refractivity contribution in [3.63, 3.8) is 0 Å². The molecule has 0 bridgehead atoms. The molecule has 3 N–H and O–H groups in total. The van der Waals surface area contributed by atoms with Gasteiger partial charge in [-0.15, -0.1) is 0 Å². The van der Waals surface area contributed by atoms with E-state index in [1.54, 1.807) is 0 Å². The maximum absolute atomic E-state index is 9.08. The lowest BCUT2D eigenvalue weighted by Gasteiger charge is -2.30. The fourth-order valence-corrected chi connectivity index (χ4v) is 1.98. The van der Waals surface area contributed by atoms with E-state index < -0.39 is 7.12 Å². The smallest absolute Gasteiger partial charge is 0.453 e. The minimum absolute atomic E-state index is 0.146. The number of hydrogen-bond acceptors (Lipinski definition) is 3. The molecule has 0 aromatic heterocycles. The molecule has 3 nitrogen and oxygen atoms in total. The number of allylic oxidation sites excluding steroid dienone is 2. The van der Waals surface area contributed by atoms with E-state index in [1.807, 2.05) is 19.9 Å². The topological polar surface area (TPSA) is 60.7 Å². The van der Waals surface area contributed by atoms with E-state index in [0.29, 0.717) is 5.92 Å². The van der Waals surface area contributed by atoms with Crippen LogP contribution in [0.4, 0.5) is 0 Å². The molecule has 0 aromatic rings. The average Bonchev–Trinajstić information content (AvgIpc) is 2.07. The molecule has 0 saturated carbocycles. The molecule has 0 heterocycles. The fraction of sp³-hybridized carbons (Fsp3) is 0.750. The summed E-state index contributed by atoms with van der Waals surface area (Å²) in [4.78, 5) is 0. The van der Waals surface area contributed by atoms with Crippen molar-refractivity contribution in [2.24, 2.45) is 5.92 Å². The maximum Gasteiger partial charge on any atom is 0.459 e. The van der Waals surface area contributed by atoms with Gasteiger partial charge >= 0.3 is 7.12 Å². The van der Waals surface area contributed by atoms with Crippen molar-refractivity contribution in [2.75, 3.05) is 0 Å². The summed E-state index contributed by atoms with van der Waals surface area (Å²) in [6.45, 7) is 3.91. The molecule has 0 radical (unpaired) electrons. The van der Waals surface area contributed by atoms with Gasteiger partial charge in [0.05, 0.1) is 0 Å². The Balaban J connectivity index is 2.75. The second-order valence-electron chi connectivity index (χ2n) is 3.99. The molecule has 0 saturated heterocycles. The normalized spacial score (nSPS) is 33.9. The van der Waals surface area contributed by atoms with Crippen LogP contribution in [0, 0.1) is 5.92 Å². The van der Waals surface area contributed by atoms with E-state index in [0.717, 1.165) is 12.0 Å². The highest BCUT2D eigenvalue weighted by Crippen LogP contribution is 2.39. The lowest BCUT2D eigenvalue weighted by Crippen LogP contribution is -2.28. The Hall–Kier alpha value is -0.250. The van der Waals surface area contributed by atoms with Crippen molar-refractivity contribution >= 4 is 14.6 Å². The van der Waals surface area contributed by atoms with Gasteiger partial charge in [0, 0.05) is 5.82 Å². The molecule has 5 heteroatoms. The Bertz CT molecular complexity index is 206. The zero-order chi connectivity index (χ0) is 10.0. The first-order valence-corrected chi connectivity index (χ1v) is 4.71. The number of rotatable bonds is 2. The molecule has 0 aliphatic heterocycles. The lowest BCUT2D eigenvalue weighted by atomic mass is 9.56. The van der Waals surface area contributed by atoms with Crippen LogP contribution < -0.4 is 0 Å². The second-order valence-corrected chi connectivity index (χ2v) is 3.99. The molecule has 13 heavy (non-hydrogen) atoms. The predicted molar refractivity (Wildman–Crippen MR) is 54.6 cm³/mol. The highest BCUT2D eigenvalue weighted by Gasteiger charge is 2.33. The minimum atomic E-state index is -1.27. The molecular formula is C8H16B2O3. The Morgan fingerprint density at radius 1 is 1.54 bits per heavy atom. The highest BCUT2D eigenvalue weighted by molar-refractivity contribution is 6.44. The summed E-state index contributed by atoms with van der Waals surface area (Å²) >= 11 is 0. The molecule has 1 aliphatic carbocycles. The molecule has 0 aromatic carbocycles. The SMILES string of the molecule is CC1=CC(BO)[C@@H](C)CC1B(O)O.